The van der Waals surface area contributed by atoms with Crippen molar-refractivity contribution in [1.29, 1.82) is 0 Å². The van der Waals surface area contributed by atoms with Gasteiger partial charge in [-0.15, -0.1) is 0 Å². The van der Waals surface area contributed by atoms with Gasteiger partial charge >= 0.3 is 5.97 Å². The smallest absolute Gasteiger partial charge is 0.322 e. The number of carboxylic acids is 1. The van der Waals surface area contributed by atoms with Gasteiger partial charge in [-0.25, -0.2) is 4.39 Å². The van der Waals surface area contributed by atoms with Gasteiger partial charge in [0.25, 0.3) is 5.91 Å². The highest BCUT2D eigenvalue weighted by Crippen LogP contribution is 2.41. The summed E-state index contributed by atoms with van der Waals surface area (Å²) >= 11 is 0. The number of hydrogen-bond acceptors (Lipinski definition) is 5. The normalized spacial score (nSPS) is 17.0. The van der Waals surface area contributed by atoms with E-state index >= 15 is 0 Å². The van der Waals surface area contributed by atoms with Gasteiger partial charge in [-0.1, -0.05) is 6.92 Å². The van der Waals surface area contributed by atoms with E-state index < -0.39 is 53.0 Å². The number of halogens is 1. The number of aliphatic carboxylic acids is 1. The molecular formula is C15H14FNO6. The van der Waals surface area contributed by atoms with Gasteiger partial charge < -0.3 is 20.6 Å². The number of benzene rings is 1. The summed E-state index contributed by atoms with van der Waals surface area (Å²) < 4.78 is 14.1. The fourth-order valence-corrected chi connectivity index (χ4v) is 2.57. The van der Waals surface area contributed by atoms with Crippen molar-refractivity contribution in [1.82, 2.24) is 5.32 Å². The molecule has 1 aliphatic carbocycles. The minimum Gasteiger partial charge on any atom is -0.506 e. The molecule has 0 radical (unpaired) electrons. The third-order valence-corrected chi connectivity index (χ3v) is 3.65. The summed E-state index contributed by atoms with van der Waals surface area (Å²) in [5.41, 5.74) is -0.591. The van der Waals surface area contributed by atoms with E-state index in [9.17, 15) is 29.0 Å². The Hall–Kier alpha value is -2.90. The number of phenols is 1. The molecule has 23 heavy (non-hydrogen) atoms. The zero-order valence-corrected chi connectivity index (χ0v) is 12.3. The zero-order chi connectivity index (χ0) is 17.5. The molecule has 1 atom stereocenters. The topological polar surface area (TPSA) is 124 Å². The van der Waals surface area contributed by atoms with E-state index in [0.717, 1.165) is 6.07 Å². The number of rotatable bonds is 3. The Kier molecular flexibility index (Phi) is 4.09. The molecule has 0 spiro atoms. The highest BCUT2D eigenvalue weighted by atomic mass is 19.1. The standard InChI is InChI=1S/C15H14FNO6/c1-5-3-7(18)12(16)10-6(2)13(21)11(14(22)9(5)10)15(23)17-4-8(19)20/h3,6,18,22H,4H2,1-2H3,(H,17,23)(H,19,20). The lowest BCUT2D eigenvalue weighted by Crippen LogP contribution is -2.36. The van der Waals surface area contributed by atoms with Crippen molar-refractivity contribution in [2.24, 2.45) is 0 Å². The summed E-state index contributed by atoms with van der Waals surface area (Å²) in [4.78, 5) is 34.8. The molecule has 7 nitrogen and oxygen atoms in total. The van der Waals surface area contributed by atoms with Crippen molar-refractivity contribution in [2.75, 3.05) is 6.54 Å². The molecule has 0 aliphatic heterocycles. The second-order valence-electron chi connectivity index (χ2n) is 5.20. The van der Waals surface area contributed by atoms with Crippen LogP contribution in [0, 0.1) is 12.7 Å². The predicted molar refractivity (Wildman–Crippen MR) is 76.4 cm³/mol. The van der Waals surface area contributed by atoms with Crippen molar-refractivity contribution in [3.05, 3.63) is 34.1 Å². The van der Waals surface area contributed by atoms with Crippen LogP contribution < -0.4 is 5.32 Å². The number of hydrogen-bond donors (Lipinski definition) is 4. The third-order valence-electron chi connectivity index (χ3n) is 3.65. The minimum atomic E-state index is -1.32. The number of carboxylic acid groups (broad SMARTS) is 1. The number of amides is 1. The summed E-state index contributed by atoms with van der Waals surface area (Å²) in [6.45, 7) is 2.08. The Bertz CT molecular complexity index is 768. The molecule has 2 rings (SSSR count). The largest absolute Gasteiger partial charge is 0.506 e. The Morgan fingerprint density at radius 1 is 1.35 bits per heavy atom. The van der Waals surface area contributed by atoms with E-state index in [1.165, 1.54) is 13.8 Å². The third kappa shape index (κ3) is 2.63. The monoisotopic (exact) mass is 323 g/mol. The quantitative estimate of drug-likeness (QED) is 0.615. The molecule has 1 aromatic carbocycles. The van der Waals surface area contributed by atoms with Crippen molar-refractivity contribution in [2.45, 2.75) is 19.8 Å². The number of fused-ring (bicyclic) bond motifs is 1. The van der Waals surface area contributed by atoms with Crippen LogP contribution in [0.25, 0.3) is 5.76 Å². The van der Waals surface area contributed by atoms with E-state index in [4.69, 9.17) is 5.11 Å². The highest BCUT2D eigenvalue weighted by Gasteiger charge is 2.39. The number of phenolic OH excluding ortho intramolecular Hbond substituents is 1. The number of Topliss-reactive ketones (excluding diaryl/α,β-unsaturated/α-hetero) is 1. The SMILES string of the molecule is Cc1cc(O)c(F)c2c1C(O)=C(C(=O)NCC(=O)O)C(=O)C2C. The van der Waals surface area contributed by atoms with Crippen LogP contribution in [0.2, 0.25) is 0 Å². The number of aliphatic hydroxyl groups is 1. The molecule has 4 N–H and O–H groups in total. The summed E-state index contributed by atoms with van der Waals surface area (Å²) in [7, 11) is 0. The second-order valence-corrected chi connectivity index (χ2v) is 5.20. The van der Waals surface area contributed by atoms with E-state index in [-0.39, 0.29) is 16.7 Å². The van der Waals surface area contributed by atoms with Crippen molar-refractivity contribution < 1.29 is 34.1 Å². The predicted octanol–water partition coefficient (Wildman–Crippen LogP) is 0.996. The molecular weight excluding hydrogens is 309 g/mol. The summed E-state index contributed by atoms with van der Waals surface area (Å²) in [6, 6.07) is 1.07. The Morgan fingerprint density at radius 3 is 2.52 bits per heavy atom. The molecule has 8 heteroatoms. The number of aromatic hydroxyl groups is 1. The lowest BCUT2D eigenvalue weighted by atomic mass is 9.79. The van der Waals surface area contributed by atoms with Crippen LogP contribution in [0.1, 0.15) is 29.5 Å². The first-order valence-corrected chi connectivity index (χ1v) is 6.66. The number of nitrogens with one attached hydrogen (secondary N) is 1. The molecule has 0 bridgehead atoms. The number of carbonyl (C=O) groups is 3. The van der Waals surface area contributed by atoms with Gasteiger partial charge in [-0.05, 0) is 18.6 Å². The van der Waals surface area contributed by atoms with Crippen LogP contribution in [-0.4, -0.2) is 39.5 Å². The molecule has 0 fully saturated rings. The zero-order valence-electron chi connectivity index (χ0n) is 12.3. The van der Waals surface area contributed by atoms with Gasteiger partial charge in [0.05, 0.1) is 0 Å². The molecule has 1 aliphatic rings. The fraction of sp³-hybridized carbons (Fsp3) is 0.267. The number of aryl methyl sites for hydroxylation is 1. The van der Waals surface area contributed by atoms with E-state index in [1.807, 2.05) is 5.32 Å². The molecule has 1 amide bonds. The Labute approximate surface area is 130 Å². The number of ketones is 1. The van der Waals surface area contributed by atoms with Crippen LogP contribution in [0.15, 0.2) is 11.6 Å². The average Bonchev–Trinajstić information content (AvgIpc) is 2.46. The van der Waals surface area contributed by atoms with E-state index in [0.29, 0.717) is 0 Å². The van der Waals surface area contributed by atoms with E-state index in [1.54, 1.807) is 0 Å². The summed E-state index contributed by atoms with van der Waals surface area (Å²) in [6.07, 6.45) is 0. The van der Waals surface area contributed by atoms with Crippen LogP contribution >= 0.6 is 0 Å². The van der Waals surface area contributed by atoms with Gasteiger partial charge in [0.15, 0.2) is 17.3 Å². The first-order chi connectivity index (χ1) is 10.7. The van der Waals surface area contributed by atoms with Gasteiger partial charge in [-0.3, -0.25) is 14.4 Å². The number of carbonyl (C=O) groups excluding carboxylic acids is 2. The maximum absolute atomic E-state index is 14.1. The van der Waals surface area contributed by atoms with Crippen LogP contribution in [0.5, 0.6) is 5.75 Å². The van der Waals surface area contributed by atoms with Gasteiger partial charge in [0, 0.05) is 17.0 Å². The first kappa shape index (κ1) is 16.5. The van der Waals surface area contributed by atoms with Crippen molar-refractivity contribution in [3.8, 4) is 5.75 Å². The van der Waals surface area contributed by atoms with Crippen LogP contribution in [0.4, 0.5) is 4.39 Å². The average molecular weight is 323 g/mol. The second kappa shape index (κ2) is 5.71. The van der Waals surface area contributed by atoms with Crippen LogP contribution in [-0.2, 0) is 14.4 Å². The number of aliphatic hydroxyl groups excluding tert-OH is 1. The fourth-order valence-electron chi connectivity index (χ4n) is 2.57. The van der Waals surface area contributed by atoms with Crippen LogP contribution in [0.3, 0.4) is 0 Å². The maximum Gasteiger partial charge on any atom is 0.322 e. The highest BCUT2D eigenvalue weighted by molar-refractivity contribution is 6.27. The van der Waals surface area contributed by atoms with Gasteiger partial charge in [0.2, 0.25) is 0 Å². The van der Waals surface area contributed by atoms with Crippen molar-refractivity contribution in [3.63, 3.8) is 0 Å². The van der Waals surface area contributed by atoms with Gasteiger partial charge in [-0.2, -0.15) is 0 Å². The molecule has 0 heterocycles. The molecule has 0 aromatic heterocycles. The Morgan fingerprint density at radius 2 is 1.96 bits per heavy atom. The molecule has 1 unspecified atom stereocenters. The van der Waals surface area contributed by atoms with Crippen molar-refractivity contribution >= 4 is 23.4 Å². The molecule has 1 aromatic rings. The Balaban J connectivity index is 2.63. The molecule has 0 saturated heterocycles. The summed E-state index contributed by atoms with van der Waals surface area (Å²) in [5.74, 6) is -6.78. The first-order valence-electron chi connectivity index (χ1n) is 6.66. The molecule has 122 valence electrons. The maximum atomic E-state index is 14.1. The lowest BCUT2D eigenvalue weighted by Gasteiger charge is -2.25. The molecule has 0 saturated carbocycles. The van der Waals surface area contributed by atoms with Gasteiger partial charge in [0.1, 0.15) is 17.9 Å². The summed E-state index contributed by atoms with van der Waals surface area (Å²) in [5, 5.41) is 30.3. The minimum absolute atomic E-state index is 0.0483. The lowest BCUT2D eigenvalue weighted by molar-refractivity contribution is -0.137. The van der Waals surface area contributed by atoms with E-state index in [2.05, 4.69) is 0 Å².